The summed E-state index contributed by atoms with van der Waals surface area (Å²) >= 11 is 0. The Kier molecular flexibility index (Phi) is 7.23. The number of amides is 1. The van der Waals surface area contributed by atoms with Crippen molar-refractivity contribution in [3.8, 4) is 0 Å². The van der Waals surface area contributed by atoms with Gasteiger partial charge in [0.2, 0.25) is 5.91 Å². The molecule has 0 aliphatic carbocycles. The van der Waals surface area contributed by atoms with Gasteiger partial charge in [0.25, 0.3) is 0 Å². The molecule has 2 N–H and O–H groups in total. The van der Waals surface area contributed by atoms with Gasteiger partial charge in [0.05, 0.1) is 6.54 Å². The van der Waals surface area contributed by atoms with Gasteiger partial charge in [0, 0.05) is 45.3 Å². The van der Waals surface area contributed by atoms with Crippen molar-refractivity contribution in [2.45, 2.75) is 26.3 Å². The highest BCUT2D eigenvalue weighted by atomic mass is 16.1. The molecular weight excluding hydrogens is 228 g/mol. The Morgan fingerprint density at radius 3 is 2.56 bits per heavy atom. The zero-order valence-electron chi connectivity index (χ0n) is 12.0. The summed E-state index contributed by atoms with van der Waals surface area (Å²) in [7, 11) is 2.15. The fraction of sp³-hybridized carbons (Fsp3) is 0.923. The molecule has 18 heavy (non-hydrogen) atoms. The summed E-state index contributed by atoms with van der Waals surface area (Å²) in [5.41, 5.74) is 0. The summed E-state index contributed by atoms with van der Waals surface area (Å²) in [6.07, 6.45) is 1.05. The molecule has 0 saturated carbocycles. The Hall–Kier alpha value is -0.650. The molecule has 1 heterocycles. The summed E-state index contributed by atoms with van der Waals surface area (Å²) in [4.78, 5) is 16.3. The lowest BCUT2D eigenvalue weighted by atomic mass is 10.2. The molecule has 106 valence electrons. The molecule has 0 bridgehead atoms. The summed E-state index contributed by atoms with van der Waals surface area (Å²) in [5, 5.41) is 6.16. The summed E-state index contributed by atoms with van der Waals surface area (Å²) in [6.45, 7) is 10.8. The van der Waals surface area contributed by atoms with E-state index in [-0.39, 0.29) is 5.91 Å². The number of nitrogens with zero attached hydrogens (tertiary/aromatic N) is 2. The molecular formula is C13H28N4O. The highest BCUT2D eigenvalue weighted by Crippen LogP contribution is 1.97. The van der Waals surface area contributed by atoms with Crippen LogP contribution in [0.25, 0.3) is 0 Å². The Labute approximate surface area is 111 Å². The number of hydrogen-bond acceptors (Lipinski definition) is 4. The number of carbonyl (C=O) groups is 1. The second-order valence-corrected chi connectivity index (χ2v) is 5.19. The monoisotopic (exact) mass is 256 g/mol. The van der Waals surface area contributed by atoms with E-state index in [1.807, 2.05) is 0 Å². The Morgan fingerprint density at radius 1 is 1.28 bits per heavy atom. The van der Waals surface area contributed by atoms with Gasteiger partial charge in [0.15, 0.2) is 0 Å². The molecule has 0 aromatic rings. The molecule has 1 aliphatic rings. The fourth-order valence-corrected chi connectivity index (χ4v) is 1.90. The van der Waals surface area contributed by atoms with Crippen molar-refractivity contribution in [2.75, 3.05) is 52.9 Å². The number of hydrogen-bond donors (Lipinski definition) is 2. The smallest absolute Gasteiger partial charge is 0.234 e. The van der Waals surface area contributed by atoms with E-state index in [0.717, 1.165) is 45.7 Å². The molecule has 1 rings (SSSR count). The van der Waals surface area contributed by atoms with Gasteiger partial charge in [-0.25, -0.2) is 0 Å². The maximum atomic E-state index is 11.6. The predicted octanol–water partition coefficient (Wildman–Crippen LogP) is -0.262. The van der Waals surface area contributed by atoms with Crippen molar-refractivity contribution in [3.63, 3.8) is 0 Å². The average molecular weight is 256 g/mol. The van der Waals surface area contributed by atoms with E-state index in [2.05, 4.69) is 41.3 Å². The number of likely N-dealkylation sites (N-methyl/N-ethyl adjacent to an activating group) is 1. The molecule has 1 unspecified atom stereocenters. The van der Waals surface area contributed by atoms with Crippen molar-refractivity contribution in [1.82, 2.24) is 20.4 Å². The minimum Gasteiger partial charge on any atom is -0.354 e. The lowest BCUT2D eigenvalue weighted by Gasteiger charge is -2.32. The first-order chi connectivity index (χ1) is 8.61. The van der Waals surface area contributed by atoms with Crippen LogP contribution in [0, 0.1) is 0 Å². The number of carbonyl (C=O) groups excluding carboxylic acids is 1. The molecule has 1 fully saturated rings. The molecule has 5 nitrogen and oxygen atoms in total. The molecule has 5 heteroatoms. The first-order valence-corrected chi connectivity index (χ1v) is 7.02. The lowest BCUT2D eigenvalue weighted by Crippen LogP contribution is -2.47. The van der Waals surface area contributed by atoms with Crippen molar-refractivity contribution in [1.29, 1.82) is 0 Å². The van der Waals surface area contributed by atoms with E-state index in [1.54, 1.807) is 0 Å². The zero-order chi connectivity index (χ0) is 13.4. The summed E-state index contributed by atoms with van der Waals surface area (Å²) in [5.74, 6) is 0.101. The van der Waals surface area contributed by atoms with E-state index >= 15 is 0 Å². The Bertz CT molecular complexity index is 239. The van der Waals surface area contributed by atoms with Crippen LogP contribution in [-0.4, -0.2) is 74.6 Å². The molecule has 0 radical (unpaired) electrons. The van der Waals surface area contributed by atoms with Gasteiger partial charge >= 0.3 is 0 Å². The topological polar surface area (TPSA) is 47.6 Å². The first-order valence-electron chi connectivity index (χ1n) is 7.02. The van der Waals surface area contributed by atoms with E-state index in [1.165, 1.54) is 0 Å². The molecule has 1 aliphatic heterocycles. The number of piperazine rings is 1. The quantitative estimate of drug-likeness (QED) is 0.659. The molecule has 0 spiro atoms. The fourth-order valence-electron chi connectivity index (χ4n) is 1.90. The highest BCUT2D eigenvalue weighted by molar-refractivity contribution is 5.77. The van der Waals surface area contributed by atoms with E-state index < -0.39 is 0 Å². The van der Waals surface area contributed by atoms with Crippen LogP contribution < -0.4 is 10.6 Å². The Morgan fingerprint density at radius 2 is 1.94 bits per heavy atom. The minimum atomic E-state index is 0.101. The van der Waals surface area contributed by atoms with Gasteiger partial charge < -0.3 is 15.5 Å². The normalized spacial score (nSPS) is 19.7. The van der Waals surface area contributed by atoms with E-state index in [4.69, 9.17) is 0 Å². The lowest BCUT2D eigenvalue weighted by molar-refractivity contribution is -0.120. The summed E-state index contributed by atoms with van der Waals surface area (Å²) in [6, 6.07) is 0.411. The van der Waals surface area contributed by atoms with Gasteiger partial charge in [-0.05, 0) is 20.4 Å². The first kappa shape index (κ1) is 15.4. The molecule has 1 saturated heterocycles. The van der Waals surface area contributed by atoms with Crippen LogP contribution in [0.1, 0.15) is 20.3 Å². The second kappa shape index (κ2) is 8.45. The van der Waals surface area contributed by atoms with E-state index in [9.17, 15) is 4.79 Å². The zero-order valence-corrected chi connectivity index (χ0v) is 12.0. The third-order valence-electron chi connectivity index (χ3n) is 3.57. The molecule has 1 atom stereocenters. The SMILES string of the molecule is CCC(C)NCC(=O)NCCN1CCN(C)CC1. The van der Waals surface area contributed by atoms with Crippen LogP contribution in [0.5, 0.6) is 0 Å². The third-order valence-corrected chi connectivity index (χ3v) is 3.57. The molecule has 0 aromatic carbocycles. The third kappa shape index (κ3) is 6.33. The number of nitrogens with one attached hydrogen (secondary N) is 2. The van der Waals surface area contributed by atoms with Gasteiger partial charge in [-0.1, -0.05) is 6.92 Å². The van der Waals surface area contributed by atoms with Crippen LogP contribution in [0.15, 0.2) is 0 Å². The standard InChI is InChI=1S/C13H28N4O/c1-4-12(2)15-11-13(18)14-5-6-17-9-7-16(3)8-10-17/h12,15H,4-11H2,1-3H3,(H,14,18). The molecule has 1 amide bonds. The van der Waals surface area contributed by atoms with Crippen LogP contribution in [0.2, 0.25) is 0 Å². The average Bonchev–Trinajstić information content (AvgIpc) is 2.38. The highest BCUT2D eigenvalue weighted by Gasteiger charge is 2.13. The minimum absolute atomic E-state index is 0.101. The van der Waals surface area contributed by atoms with Gasteiger partial charge in [0.1, 0.15) is 0 Å². The summed E-state index contributed by atoms with van der Waals surface area (Å²) < 4.78 is 0. The van der Waals surface area contributed by atoms with Crippen molar-refractivity contribution in [2.24, 2.45) is 0 Å². The number of rotatable bonds is 7. The van der Waals surface area contributed by atoms with Crippen LogP contribution in [0.3, 0.4) is 0 Å². The predicted molar refractivity (Wildman–Crippen MR) is 74.7 cm³/mol. The van der Waals surface area contributed by atoms with E-state index in [0.29, 0.717) is 12.6 Å². The molecule has 0 aromatic heterocycles. The van der Waals surface area contributed by atoms with Crippen LogP contribution in [-0.2, 0) is 4.79 Å². The maximum absolute atomic E-state index is 11.6. The Balaban J connectivity index is 2.01. The van der Waals surface area contributed by atoms with Gasteiger partial charge in [-0.3, -0.25) is 9.69 Å². The van der Waals surface area contributed by atoms with Crippen LogP contribution in [0.4, 0.5) is 0 Å². The van der Waals surface area contributed by atoms with Crippen molar-refractivity contribution in [3.05, 3.63) is 0 Å². The maximum Gasteiger partial charge on any atom is 0.234 e. The second-order valence-electron chi connectivity index (χ2n) is 5.19. The van der Waals surface area contributed by atoms with Crippen molar-refractivity contribution < 1.29 is 4.79 Å². The van der Waals surface area contributed by atoms with Crippen molar-refractivity contribution >= 4 is 5.91 Å². The largest absolute Gasteiger partial charge is 0.354 e. The van der Waals surface area contributed by atoms with Gasteiger partial charge in [-0.2, -0.15) is 0 Å². The van der Waals surface area contributed by atoms with Gasteiger partial charge in [-0.15, -0.1) is 0 Å². The van der Waals surface area contributed by atoms with Crippen LogP contribution >= 0.6 is 0 Å².